The molecule has 4 nitrogen and oxygen atoms in total. The molecular weight excluding hydrogens is 366 g/mol. The van der Waals surface area contributed by atoms with Crippen LogP contribution in [0.3, 0.4) is 0 Å². The Bertz CT molecular complexity index is 492. The zero-order chi connectivity index (χ0) is 15.2. The van der Waals surface area contributed by atoms with Gasteiger partial charge in [0.05, 0.1) is 12.2 Å². The fourth-order valence-electron chi connectivity index (χ4n) is 2.72. The first-order chi connectivity index (χ1) is 10.1. The Balaban J connectivity index is 0.00000242. The number of amides is 1. The summed E-state index contributed by atoms with van der Waals surface area (Å²) in [6.45, 7) is 7.66. The number of anilines is 1. The summed E-state index contributed by atoms with van der Waals surface area (Å²) < 4.78 is 0.931. The monoisotopic (exact) mass is 389 g/mol. The summed E-state index contributed by atoms with van der Waals surface area (Å²) in [5.74, 6) is 0.0555. The first kappa shape index (κ1) is 19.4. The second kappa shape index (κ2) is 9.50. The lowest BCUT2D eigenvalue weighted by molar-refractivity contribution is -0.117. The molecule has 22 heavy (non-hydrogen) atoms. The van der Waals surface area contributed by atoms with E-state index in [-0.39, 0.29) is 18.3 Å². The minimum Gasteiger partial charge on any atom is -0.324 e. The molecule has 1 aromatic carbocycles. The summed E-state index contributed by atoms with van der Waals surface area (Å²) in [6.07, 6.45) is 2.19. The third-order valence-corrected chi connectivity index (χ3v) is 4.46. The molecule has 1 aliphatic heterocycles. The number of hydrogen-bond donors (Lipinski definition) is 2. The molecule has 124 valence electrons. The molecule has 1 amide bonds. The van der Waals surface area contributed by atoms with Crippen molar-refractivity contribution in [3.8, 4) is 0 Å². The molecule has 1 aromatic rings. The zero-order valence-electron chi connectivity index (χ0n) is 13.2. The predicted molar refractivity (Wildman–Crippen MR) is 97.9 cm³/mol. The minimum atomic E-state index is 0. The van der Waals surface area contributed by atoms with Crippen LogP contribution in [0.4, 0.5) is 5.69 Å². The molecule has 0 saturated carbocycles. The van der Waals surface area contributed by atoms with Gasteiger partial charge in [-0.2, -0.15) is 0 Å². The summed E-state index contributed by atoms with van der Waals surface area (Å²) in [5.41, 5.74) is 2.01. The Kier molecular flexibility index (Phi) is 8.39. The van der Waals surface area contributed by atoms with Gasteiger partial charge in [-0.1, -0.05) is 13.0 Å². The van der Waals surface area contributed by atoms with Crippen molar-refractivity contribution in [3.63, 3.8) is 0 Å². The molecule has 2 rings (SSSR count). The predicted octanol–water partition coefficient (Wildman–Crippen LogP) is 3.19. The Morgan fingerprint density at radius 2 is 2.27 bits per heavy atom. The van der Waals surface area contributed by atoms with Gasteiger partial charge in [-0.15, -0.1) is 12.4 Å². The Hall–Kier alpha value is -0.620. The number of carbonyl (C=O) groups excluding carboxylic acids is 1. The first-order valence-electron chi connectivity index (χ1n) is 7.61. The summed E-state index contributed by atoms with van der Waals surface area (Å²) >= 11 is 3.50. The minimum absolute atomic E-state index is 0. The molecule has 1 atom stereocenters. The van der Waals surface area contributed by atoms with Gasteiger partial charge < -0.3 is 10.6 Å². The summed E-state index contributed by atoms with van der Waals surface area (Å²) in [4.78, 5) is 14.6. The SMILES string of the molecule is CCCN(CC(=O)Nc1ccc(C)cc1Br)C1CCNC1.Cl. The van der Waals surface area contributed by atoms with Crippen molar-refractivity contribution in [2.45, 2.75) is 32.7 Å². The van der Waals surface area contributed by atoms with Crippen LogP contribution < -0.4 is 10.6 Å². The maximum absolute atomic E-state index is 12.3. The van der Waals surface area contributed by atoms with Crippen LogP contribution >= 0.6 is 28.3 Å². The van der Waals surface area contributed by atoms with Crippen molar-refractivity contribution in [3.05, 3.63) is 28.2 Å². The van der Waals surface area contributed by atoms with Crippen LogP contribution in [0.2, 0.25) is 0 Å². The fraction of sp³-hybridized carbons (Fsp3) is 0.562. The molecule has 0 bridgehead atoms. The van der Waals surface area contributed by atoms with Crippen molar-refractivity contribution in [2.24, 2.45) is 0 Å². The molecule has 1 unspecified atom stereocenters. The Morgan fingerprint density at radius 3 is 2.86 bits per heavy atom. The zero-order valence-corrected chi connectivity index (χ0v) is 15.6. The molecule has 1 fully saturated rings. The van der Waals surface area contributed by atoms with Gasteiger partial charge in [0, 0.05) is 17.1 Å². The number of carbonyl (C=O) groups is 1. The highest BCUT2D eigenvalue weighted by Gasteiger charge is 2.23. The number of rotatable bonds is 6. The summed E-state index contributed by atoms with van der Waals surface area (Å²) in [5, 5.41) is 6.37. The largest absolute Gasteiger partial charge is 0.324 e. The quantitative estimate of drug-likeness (QED) is 0.784. The van der Waals surface area contributed by atoms with Crippen molar-refractivity contribution >= 4 is 39.9 Å². The lowest BCUT2D eigenvalue weighted by Crippen LogP contribution is -2.42. The third-order valence-electron chi connectivity index (χ3n) is 3.81. The number of nitrogens with one attached hydrogen (secondary N) is 2. The molecule has 0 spiro atoms. The van der Waals surface area contributed by atoms with E-state index in [9.17, 15) is 4.79 Å². The van der Waals surface area contributed by atoms with Crippen LogP contribution in [0.25, 0.3) is 0 Å². The number of aryl methyl sites for hydroxylation is 1. The fourth-order valence-corrected chi connectivity index (χ4v) is 3.32. The summed E-state index contributed by atoms with van der Waals surface area (Å²) in [7, 11) is 0. The van der Waals surface area contributed by atoms with Gasteiger partial charge in [0.1, 0.15) is 0 Å². The van der Waals surface area contributed by atoms with Gasteiger partial charge in [0.15, 0.2) is 0 Å². The van der Waals surface area contributed by atoms with Gasteiger partial charge in [-0.3, -0.25) is 9.69 Å². The molecule has 0 aliphatic carbocycles. The average Bonchev–Trinajstić information content (AvgIpc) is 2.95. The number of nitrogens with zero attached hydrogens (tertiary/aromatic N) is 1. The van der Waals surface area contributed by atoms with E-state index in [1.54, 1.807) is 0 Å². The first-order valence-corrected chi connectivity index (χ1v) is 8.40. The highest BCUT2D eigenvalue weighted by atomic mass is 79.9. The van der Waals surface area contributed by atoms with E-state index in [0.29, 0.717) is 12.6 Å². The molecular formula is C16H25BrClN3O. The average molecular weight is 391 g/mol. The van der Waals surface area contributed by atoms with E-state index in [0.717, 1.165) is 42.6 Å². The van der Waals surface area contributed by atoms with Gasteiger partial charge in [-0.05, 0) is 66.5 Å². The van der Waals surface area contributed by atoms with Gasteiger partial charge in [0.25, 0.3) is 0 Å². The second-order valence-electron chi connectivity index (χ2n) is 5.65. The molecule has 0 aromatic heterocycles. The van der Waals surface area contributed by atoms with Crippen LogP contribution in [0.1, 0.15) is 25.3 Å². The maximum Gasteiger partial charge on any atom is 0.238 e. The van der Waals surface area contributed by atoms with Gasteiger partial charge in [-0.25, -0.2) is 0 Å². The van der Waals surface area contributed by atoms with Gasteiger partial charge in [0.2, 0.25) is 5.91 Å². The highest BCUT2D eigenvalue weighted by Crippen LogP contribution is 2.23. The van der Waals surface area contributed by atoms with E-state index >= 15 is 0 Å². The Morgan fingerprint density at radius 1 is 1.50 bits per heavy atom. The van der Waals surface area contributed by atoms with E-state index in [2.05, 4.69) is 38.4 Å². The second-order valence-corrected chi connectivity index (χ2v) is 6.50. The molecule has 0 radical (unpaired) electrons. The van der Waals surface area contributed by atoms with Crippen molar-refractivity contribution in [1.82, 2.24) is 10.2 Å². The number of benzene rings is 1. The van der Waals surface area contributed by atoms with Crippen molar-refractivity contribution in [1.29, 1.82) is 0 Å². The van der Waals surface area contributed by atoms with Gasteiger partial charge >= 0.3 is 0 Å². The summed E-state index contributed by atoms with van der Waals surface area (Å²) in [6, 6.07) is 6.45. The van der Waals surface area contributed by atoms with Crippen LogP contribution in [0, 0.1) is 6.92 Å². The van der Waals surface area contributed by atoms with Crippen LogP contribution in [-0.2, 0) is 4.79 Å². The van der Waals surface area contributed by atoms with E-state index in [4.69, 9.17) is 0 Å². The standard InChI is InChI=1S/C16H24BrN3O.ClH/c1-3-8-20(13-6-7-18-10-13)11-16(21)19-15-5-4-12(2)9-14(15)17;/h4-5,9,13,18H,3,6-8,10-11H2,1-2H3,(H,19,21);1H. The smallest absolute Gasteiger partial charge is 0.238 e. The van der Waals surface area contributed by atoms with E-state index < -0.39 is 0 Å². The van der Waals surface area contributed by atoms with E-state index in [1.807, 2.05) is 25.1 Å². The molecule has 1 saturated heterocycles. The van der Waals surface area contributed by atoms with Crippen LogP contribution in [-0.4, -0.2) is 43.0 Å². The molecule has 1 aliphatic rings. The van der Waals surface area contributed by atoms with Crippen molar-refractivity contribution in [2.75, 3.05) is 31.5 Å². The third kappa shape index (κ3) is 5.54. The van der Waals surface area contributed by atoms with E-state index in [1.165, 1.54) is 5.56 Å². The lowest BCUT2D eigenvalue weighted by Gasteiger charge is -2.27. The Labute approximate surface area is 147 Å². The number of hydrogen-bond acceptors (Lipinski definition) is 3. The van der Waals surface area contributed by atoms with Crippen molar-refractivity contribution < 1.29 is 4.79 Å². The normalized spacial score (nSPS) is 17.4. The van der Waals surface area contributed by atoms with Crippen LogP contribution in [0.15, 0.2) is 22.7 Å². The topological polar surface area (TPSA) is 44.4 Å². The maximum atomic E-state index is 12.3. The van der Waals surface area contributed by atoms with Crippen LogP contribution in [0.5, 0.6) is 0 Å². The lowest BCUT2D eigenvalue weighted by atomic mass is 10.2. The molecule has 1 heterocycles. The highest BCUT2D eigenvalue weighted by molar-refractivity contribution is 9.10. The molecule has 2 N–H and O–H groups in total. The molecule has 6 heteroatoms. The number of halogens is 2.